The van der Waals surface area contributed by atoms with Crippen LogP contribution < -0.4 is 0 Å². The number of carbonyl (C=O) groups excluding carboxylic acids is 1. The van der Waals surface area contributed by atoms with Gasteiger partial charge in [-0.25, -0.2) is 0 Å². The van der Waals surface area contributed by atoms with Gasteiger partial charge in [0.15, 0.2) is 0 Å². The van der Waals surface area contributed by atoms with Crippen molar-refractivity contribution in [3.05, 3.63) is 35.9 Å². The van der Waals surface area contributed by atoms with E-state index in [1.165, 1.54) is 0 Å². The molecule has 0 N–H and O–H groups in total. The van der Waals surface area contributed by atoms with Crippen molar-refractivity contribution in [3.63, 3.8) is 0 Å². The molecule has 12 heavy (non-hydrogen) atoms. The van der Waals surface area contributed by atoms with E-state index >= 15 is 0 Å². The van der Waals surface area contributed by atoms with Crippen LogP contribution in [0.2, 0.25) is 0 Å². The number of rotatable bonds is 2. The summed E-state index contributed by atoms with van der Waals surface area (Å²) in [7, 11) is 0. The molecule has 1 aromatic carbocycles. The molecule has 0 aliphatic carbocycles. The topological polar surface area (TPSA) is 17.1 Å². The Hall–Kier alpha value is -0.0581. The second-order valence-corrected chi connectivity index (χ2v) is 1.71. The fraction of sp³-hybridized carbons (Fsp3) is 0.300. The van der Waals surface area contributed by atoms with Gasteiger partial charge in [0.25, 0.3) is 0 Å². The zero-order valence-electron chi connectivity index (χ0n) is 7.42. The third-order valence-electron chi connectivity index (χ3n) is 1.04. The average molecular weight is 386 g/mol. The van der Waals surface area contributed by atoms with Gasteiger partial charge in [0.05, 0.1) is 0 Å². The van der Waals surface area contributed by atoms with Gasteiger partial charge in [0.2, 0.25) is 0 Å². The molecule has 0 heterocycles. The van der Waals surface area contributed by atoms with Gasteiger partial charge in [0, 0.05) is 0 Å². The maximum atomic E-state index is 9.83. The van der Waals surface area contributed by atoms with Crippen LogP contribution in [-0.2, 0) is 11.2 Å². The SMILES string of the molecule is CC.O=[C-]Cc1[c-]cccc1.[U+2]. The summed E-state index contributed by atoms with van der Waals surface area (Å²) in [6, 6.07) is 10.3. The summed E-state index contributed by atoms with van der Waals surface area (Å²) < 4.78 is 0. The van der Waals surface area contributed by atoms with Crippen molar-refractivity contribution in [3.8, 4) is 0 Å². The van der Waals surface area contributed by atoms with E-state index in [0.29, 0.717) is 6.42 Å². The predicted molar refractivity (Wildman–Crippen MR) is 46.0 cm³/mol. The molecule has 1 rings (SSSR count). The molecule has 0 amide bonds. The van der Waals surface area contributed by atoms with Gasteiger partial charge in [-0.2, -0.15) is 35.9 Å². The molecule has 0 fully saturated rings. The molecule has 0 aliphatic heterocycles. The Labute approximate surface area is 97.9 Å². The van der Waals surface area contributed by atoms with Crippen LogP contribution in [0, 0.1) is 37.2 Å². The summed E-state index contributed by atoms with van der Waals surface area (Å²) in [5.41, 5.74) is 0.896. The third-order valence-corrected chi connectivity index (χ3v) is 1.04. The van der Waals surface area contributed by atoms with Crippen LogP contribution in [0.4, 0.5) is 0 Å². The molecular weight excluding hydrogens is 374 g/mol. The van der Waals surface area contributed by atoms with Gasteiger partial charge in [-0.1, -0.05) is 13.8 Å². The maximum Gasteiger partial charge on any atom is 2.00 e. The van der Waals surface area contributed by atoms with Gasteiger partial charge in [-0.3, -0.25) is 6.29 Å². The summed E-state index contributed by atoms with van der Waals surface area (Å²) in [6.45, 7) is 4.00. The summed E-state index contributed by atoms with van der Waals surface area (Å²) >= 11 is 0. The van der Waals surface area contributed by atoms with Crippen LogP contribution in [-0.4, -0.2) is 6.29 Å². The van der Waals surface area contributed by atoms with E-state index in [2.05, 4.69) is 6.07 Å². The summed E-state index contributed by atoms with van der Waals surface area (Å²) in [4.78, 5) is 9.83. The molecule has 62 valence electrons. The van der Waals surface area contributed by atoms with Crippen LogP contribution >= 0.6 is 0 Å². The fourth-order valence-corrected chi connectivity index (χ4v) is 0.618. The molecule has 0 bridgehead atoms. The third kappa shape index (κ3) is 6.64. The van der Waals surface area contributed by atoms with Gasteiger partial charge >= 0.3 is 31.1 Å². The van der Waals surface area contributed by atoms with Gasteiger partial charge in [0.1, 0.15) is 0 Å². The Bertz CT molecular complexity index is 184. The van der Waals surface area contributed by atoms with Crippen molar-refractivity contribution in [2.75, 3.05) is 0 Å². The Morgan fingerprint density at radius 1 is 1.42 bits per heavy atom. The van der Waals surface area contributed by atoms with E-state index in [-0.39, 0.29) is 31.1 Å². The average Bonchev–Trinajstić information content (AvgIpc) is 2.11. The first kappa shape index (κ1) is 14.5. The molecule has 0 spiro atoms. The van der Waals surface area contributed by atoms with E-state index in [1.54, 1.807) is 12.4 Å². The number of hydrogen-bond donors (Lipinski definition) is 0. The van der Waals surface area contributed by atoms with E-state index in [0.717, 1.165) is 5.56 Å². The van der Waals surface area contributed by atoms with Gasteiger partial charge in [-0.05, 0) is 0 Å². The van der Waals surface area contributed by atoms with Crippen molar-refractivity contribution in [1.82, 2.24) is 0 Å². The van der Waals surface area contributed by atoms with Crippen molar-refractivity contribution in [2.24, 2.45) is 0 Å². The molecule has 1 aromatic rings. The van der Waals surface area contributed by atoms with Gasteiger partial charge in [-0.15, -0.1) is 6.42 Å². The summed E-state index contributed by atoms with van der Waals surface area (Å²) in [6.07, 6.45) is 2.15. The zero-order chi connectivity index (χ0) is 8.53. The summed E-state index contributed by atoms with van der Waals surface area (Å²) in [5, 5.41) is 0. The molecule has 0 aromatic heterocycles. The zero-order valence-corrected chi connectivity index (χ0v) is 11.6. The van der Waals surface area contributed by atoms with E-state index in [4.69, 9.17) is 0 Å². The fourth-order valence-electron chi connectivity index (χ4n) is 0.618. The van der Waals surface area contributed by atoms with Crippen LogP contribution in [0.1, 0.15) is 19.4 Å². The normalized spacial score (nSPS) is 7.17. The minimum Gasteiger partial charge on any atom is -0.542 e. The molecular formula is C10H12OU. The first-order chi connectivity index (χ1) is 5.43. The standard InChI is InChI=1S/C8H6O.C2H6.U/c9-7-6-8-4-2-1-3-5-8;1-2;/h1-4H,6H2;1-2H3;/q-2;;+2. The molecule has 0 saturated heterocycles. The predicted octanol–water partition coefficient (Wildman–Crippen LogP) is 2.17. The minimum absolute atomic E-state index is 0. The van der Waals surface area contributed by atoms with E-state index < -0.39 is 0 Å². The van der Waals surface area contributed by atoms with E-state index in [9.17, 15) is 4.79 Å². The second-order valence-electron chi connectivity index (χ2n) is 1.71. The first-order valence-corrected chi connectivity index (χ1v) is 3.74. The van der Waals surface area contributed by atoms with Gasteiger partial charge < -0.3 is 4.79 Å². The number of hydrogen-bond acceptors (Lipinski definition) is 1. The van der Waals surface area contributed by atoms with Crippen LogP contribution in [0.15, 0.2) is 24.3 Å². The second kappa shape index (κ2) is 10.9. The largest absolute Gasteiger partial charge is 2.00 e. The van der Waals surface area contributed by atoms with Crippen molar-refractivity contribution >= 4 is 6.29 Å². The molecule has 2 heteroatoms. The van der Waals surface area contributed by atoms with Crippen LogP contribution in [0.25, 0.3) is 0 Å². The Morgan fingerprint density at radius 3 is 2.50 bits per heavy atom. The quantitative estimate of drug-likeness (QED) is 0.713. The molecule has 0 unspecified atom stereocenters. The van der Waals surface area contributed by atoms with Crippen molar-refractivity contribution in [1.29, 1.82) is 0 Å². The first-order valence-electron chi connectivity index (χ1n) is 3.74. The monoisotopic (exact) mass is 386 g/mol. The Kier molecular flexibility index (Phi) is 13.2. The molecule has 0 aliphatic rings. The van der Waals surface area contributed by atoms with Crippen LogP contribution in [0.3, 0.4) is 0 Å². The van der Waals surface area contributed by atoms with Crippen molar-refractivity contribution in [2.45, 2.75) is 20.3 Å². The van der Waals surface area contributed by atoms with E-state index in [1.807, 2.05) is 32.0 Å². The molecule has 0 radical (unpaired) electrons. The van der Waals surface area contributed by atoms with Crippen molar-refractivity contribution < 1.29 is 35.9 Å². The maximum absolute atomic E-state index is 9.83. The molecule has 0 saturated carbocycles. The smallest absolute Gasteiger partial charge is 0.542 e. The molecule has 1 nitrogen and oxygen atoms in total. The summed E-state index contributed by atoms with van der Waals surface area (Å²) in [5.74, 6) is 0. The number of benzene rings is 1. The molecule has 0 atom stereocenters. The van der Waals surface area contributed by atoms with Crippen LogP contribution in [0.5, 0.6) is 0 Å². The Morgan fingerprint density at radius 2 is 2.08 bits per heavy atom. The Balaban J connectivity index is 0. The minimum atomic E-state index is 0.